The van der Waals surface area contributed by atoms with Gasteiger partial charge in [0.1, 0.15) is 0 Å². The Labute approximate surface area is 148 Å². The van der Waals surface area contributed by atoms with Crippen molar-refractivity contribution in [3.8, 4) is 0 Å². The van der Waals surface area contributed by atoms with Crippen molar-refractivity contribution in [3.63, 3.8) is 0 Å². The average Bonchev–Trinajstić information content (AvgIpc) is 3.02. The van der Waals surface area contributed by atoms with Gasteiger partial charge < -0.3 is 9.72 Å². The molecule has 0 aliphatic carbocycles. The maximum Gasteiger partial charge on any atom is 0.330 e. The SMILES string of the molecule is COC(=O)C(Cc1c[nH]c2ccccc12)N=Cc1ccc(Br)cc1. The molecule has 0 radical (unpaired) electrons. The van der Waals surface area contributed by atoms with E-state index in [1.54, 1.807) is 6.21 Å². The van der Waals surface area contributed by atoms with Crippen LogP contribution in [-0.2, 0) is 16.0 Å². The maximum atomic E-state index is 12.1. The lowest BCUT2D eigenvalue weighted by molar-refractivity contribution is -0.142. The van der Waals surface area contributed by atoms with Gasteiger partial charge in [-0.05, 0) is 29.3 Å². The molecular weight excluding hydrogens is 368 g/mol. The topological polar surface area (TPSA) is 54.5 Å². The second-order valence-electron chi connectivity index (χ2n) is 5.43. The van der Waals surface area contributed by atoms with Crippen molar-refractivity contribution in [2.75, 3.05) is 7.11 Å². The first kappa shape index (κ1) is 16.5. The number of hydrogen-bond acceptors (Lipinski definition) is 3. The van der Waals surface area contributed by atoms with Crippen LogP contribution in [0, 0.1) is 0 Å². The summed E-state index contributed by atoms with van der Waals surface area (Å²) in [6.07, 6.45) is 4.13. The number of rotatable bonds is 5. The van der Waals surface area contributed by atoms with Crippen molar-refractivity contribution in [1.82, 2.24) is 4.98 Å². The molecule has 0 saturated heterocycles. The molecule has 4 nitrogen and oxygen atoms in total. The smallest absolute Gasteiger partial charge is 0.330 e. The highest BCUT2D eigenvalue weighted by Gasteiger charge is 2.19. The van der Waals surface area contributed by atoms with E-state index in [0.717, 1.165) is 26.5 Å². The van der Waals surface area contributed by atoms with Gasteiger partial charge in [-0.25, -0.2) is 4.79 Å². The monoisotopic (exact) mass is 384 g/mol. The number of hydrogen-bond donors (Lipinski definition) is 1. The number of carbonyl (C=O) groups is 1. The van der Waals surface area contributed by atoms with Gasteiger partial charge in [0.05, 0.1) is 7.11 Å². The van der Waals surface area contributed by atoms with Crippen molar-refractivity contribution >= 4 is 39.0 Å². The number of para-hydroxylation sites is 1. The van der Waals surface area contributed by atoms with Crippen LogP contribution in [0.5, 0.6) is 0 Å². The number of aromatic amines is 1. The van der Waals surface area contributed by atoms with Crippen LogP contribution in [0.4, 0.5) is 0 Å². The lowest BCUT2D eigenvalue weighted by Gasteiger charge is -2.09. The molecule has 3 aromatic rings. The molecule has 0 bridgehead atoms. The number of benzene rings is 2. The zero-order valence-electron chi connectivity index (χ0n) is 13.2. The third kappa shape index (κ3) is 3.74. The fourth-order valence-electron chi connectivity index (χ4n) is 2.57. The van der Waals surface area contributed by atoms with Crippen LogP contribution in [0.2, 0.25) is 0 Å². The standard InChI is InChI=1S/C19H17BrN2O2/c1-24-19(23)18(21-11-13-6-8-15(20)9-7-13)10-14-12-22-17-5-3-2-4-16(14)17/h2-9,11-12,18,22H,10H2,1H3. The molecule has 0 fully saturated rings. The van der Waals surface area contributed by atoms with E-state index in [9.17, 15) is 4.79 Å². The molecular formula is C19H17BrN2O2. The molecule has 1 N–H and O–H groups in total. The number of halogens is 1. The van der Waals surface area contributed by atoms with Crippen molar-refractivity contribution in [1.29, 1.82) is 0 Å². The Bertz CT molecular complexity index is 868. The molecule has 1 unspecified atom stereocenters. The molecule has 1 atom stereocenters. The third-order valence-corrected chi connectivity index (χ3v) is 4.36. The second-order valence-corrected chi connectivity index (χ2v) is 6.35. The summed E-state index contributed by atoms with van der Waals surface area (Å²) in [6.45, 7) is 0. The molecule has 0 spiro atoms. The maximum absolute atomic E-state index is 12.1. The van der Waals surface area contributed by atoms with Crippen molar-refractivity contribution in [3.05, 3.63) is 70.3 Å². The van der Waals surface area contributed by atoms with Gasteiger partial charge in [0.15, 0.2) is 6.04 Å². The van der Waals surface area contributed by atoms with Gasteiger partial charge in [-0.15, -0.1) is 0 Å². The van der Waals surface area contributed by atoms with E-state index >= 15 is 0 Å². The highest BCUT2D eigenvalue weighted by atomic mass is 79.9. The average molecular weight is 385 g/mol. The Balaban J connectivity index is 1.84. The summed E-state index contributed by atoms with van der Waals surface area (Å²) in [5.74, 6) is -0.339. The van der Waals surface area contributed by atoms with Crippen LogP contribution < -0.4 is 0 Å². The Hall–Kier alpha value is -2.40. The zero-order chi connectivity index (χ0) is 16.9. The van der Waals surface area contributed by atoms with Crippen LogP contribution in [0.3, 0.4) is 0 Å². The van der Waals surface area contributed by atoms with Gasteiger partial charge in [0, 0.05) is 34.2 Å². The summed E-state index contributed by atoms with van der Waals surface area (Å²) in [7, 11) is 1.39. The van der Waals surface area contributed by atoms with Crippen LogP contribution in [0.25, 0.3) is 10.9 Å². The molecule has 122 valence electrons. The van der Waals surface area contributed by atoms with Crippen molar-refractivity contribution in [2.24, 2.45) is 4.99 Å². The number of H-pyrrole nitrogens is 1. The number of nitrogens with one attached hydrogen (secondary N) is 1. The summed E-state index contributed by atoms with van der Waals surface area (Å²) in [5, 5.41) is 1.10. The number of fused-ring (bicyclic) bond motifs is 1. The Morgan fingerprint density at radius 3 is 2.75 bits per heavy atom. The molecule has 0 aliphatic heterocycles. The fraction of sp³-hybridized carbons (Fsp3) is 0.158. The van der Waals surface area contributed by atoms with E-state index < -0.39 is 6.04 Å². The molecule has 1 heterocycles. The van der Waals surface area contributed by atoms with E-state index in [1.807, 2.05) is 54.7 Å². The Morgan fingerprint density at radius 2 is 2.00 bits per heavy atom. The molecule has 24 heavy (non-hydrogen) atoms. The minimum absolute atomic E-state index is 0.339. The number of esters is 1. The summed E-state index contributed by atoms with van der Waals surface area (Å²) in [5.41, 5.74) is 3.04. The van der Waals surface area contributed by atoms with Crippen LogP contribution in [-0.4, -0.2) is 30.3 Å². The van der Waals surface area contributed by atoms with Gasteiger partial charge in [-0.1, -0.05) is 46.3 Å². The van der Waals surface area contributed by atoms with E-state index in [0.29, 0.717) is 6.42 Å². The zero-order valence-corrected chi connectivity index (χ0v) is 14.8. The second kappa shape index (κ2) is 7.45. The van der Waals surface area contributed by atoms with E-state index in [4.69, 9.17) is 4.74 Å². The molecule has 0 saturated carbocycles. The van der Waals surface area contributed by atoms with Gasteiger partial charge in [0.25, 0.3) is 0 Å². The van der Waals surface area contributed by atoms with Crippen molar-refractivity contribution < 1.29 is 9.53 Å². The first-order valence-electron chi connectivity index (χ1n) is 7.59. The predicted molar refractivity (Wildman–Crippen MR) is 99.5 cm³/mol. The third-order valence-electron chi connectivity index (χ3n) is 3.83. The number of nitrogens with zero attached hydrogens (tertiary/aromatic N) is 1. The van der Waals surface area contributed by atoms with E-state index in [-0.39, 0.29) is 5.97 Å². The summed E-state index contributed by atoms with van der Waals surface area (Å²) in [6, 6.07) is 15.2. The minimum atomic E-state index is -0.571. The number of aromatic nitrogens is 1. The summed E-state index contributed by atoms with van der Waals surface area (Å²) in [4.78, 5) is 19.8. The molecule has 1 aromatic heterocycles. The number of carbonyl (C=O) groups excluding carboxylic acids is 1. The summed E-state index contributed by atoms with van der Waals surface area (Å²) >= 11 is 3.40. The first-order valence-corrected chi connectivity index (χ1v) is 8.38. The van der Waals surface area contributed by atoms with Crippen LogP contribution in [0.15, 0.2) is 64.2 Å². The van der Waals surface area contributed by atoms with Crippen molar-refractivity contribution in [2.45, 2.75) is 12.5 Å². The summed E-state index contributed by atoms with van der Waals surface area (Å²) < 4.78 is 5.91. The largest absolute Gasteiger partial charge is 0.467 e. The Kier molecular flexibility index (Phi) is 5.11. The normalized spacial score (nSPS) is 12.6. The first-order chi connectivity index (χ1) is 11.7. The molecule has 0 aliphatic rings. The van der Waals surface area contributed by atoms with Gasteiger partial charge in [0.2, 0.25) is 0 Å². The molecule has 0 amide bonds. The van der Waals surface area contributed by atoms with E-state index in [2.05, 4.69) is 25.9 Å². The van der Waals surface area contributed by atoms with Gasteiger partial charge >= 0.3 is 5.97 Å². The fourth-order valence-corrected chi connectivity index (χ4v) is 2.83. The minimum Gasteiger partial charge on any atom is -0.467 e. The predicted octanol–water partition coefficient (Wildman–Crippen LogP) is 4.13. The highest BCUT2D eigenvalue weighted by Crippen LogP contribution is 2.20. The number of methoxy groups -OCH3 is 1. The molecule has 2 aromatic carbocycles. The molecule has 5 heteroatoms. The number of ether oxygens (including phenoxy) is 1. The van der Waals surface area contributed by atoms with E-state index in [1.165, 1.54) is 7.11 Å². The lowest BCUT2D eigenvalue weighted by atomic mass is 10.1. The Morgan fingerprint density at radius 1 is 1.25 bits per heavy atom. The van der Waals surface area contributed by atoms with Gasteiger partial charge in [-0.3, -0.25) is 4.99 Å². The van der Waals surface area contributed by atoms with Crippen LogP contribution in [0.1, 0.15) is 11.1 Å². The quantitative estimate of drug-likeness (QED) is 0.530. The van der Waals surface area contributed by atoms with Gasteiger partial charge in [-0.2, -0.15) is 0 Å². The highest BCUT2D eigenvalue weighted by molar-refractivity contribution is 9.10. The number of aliphatic imine (C=N–C) groups is 1. The van der Waals surface area contributed by atoms with Crippen LogP contribution >= 0.6 is 15.9 Å². The lowest BCUT2D eigenvalue weighted by Crippen LogP contribution is -2.23. The molecule has 3 rings (SSSR count).